The fourth-order valence-corrected chi connectivity index (χ4v) is 2.27. The van der Waals surface area contributed by atoms with Gasteiger partial charge in [-0.05, 0) is 33.0 Å². The van der Waals surface area contributed by atoms with Crippen molar-refractivity contribution in [2.75, 3.05) is 26.7 Å². The zero-order chi connectivity index (χ0) is 13.0. The molecule has 0 aromatic heterocycles. The molecule has 0 bridgehead atoms. The minimum Gasteiger partial charge on any atom is -0.308 e. The van der Waals surface area contributed by atoms with Gasteiger partial charge < -0.3 is 10.2 Å². The normalized spacial score (nSPS) is 19.1. The SMILES string of the molecule is CN1CCC(NCC(F)(F)c2ccccc2)CC1. The molecule has 2 rings (SSSR count). The van der Waals surface area contributed by atoms with Gasteiger partial charge in [0.1, 0.15) is 0 Å². The average molecular weight is 254 g/mol. The molecule has 100 valence electrons. The molecule has 1 N–H and O–H groups in total. The quantitative estimate of drug-likeness (QED) is 0.888. The van der Waals surface area contributed by atoms with Gasteiger partial charge in [0.25, 0.3) is 5.92 Å². The van der Waals surface area contributed by atoms with Crippen LogP contribution in [0.4, 0.5) is 8.78 Å². The number of hydrogen-bond donors (Lipinski definition) is 1. The smallest absolute Gasteiger partial charge is 0.285 e. The summed E-state index contributed by atoms with van der Waals surface area (Å²) < 4.78 is 27.8. The Bertz CT molecular complexity index is 359. The summed E-state index contributed by atoms with van der Waals surface area (Å²) in [7, 11) is 2.06. The lowest BCUT2D eigenvalue weighted by Gasteiger charge is -2.30. The highest BCUT2D eigenvalue weighted by Gasteiger charge is 2.32. The van der Waals surface area contributed by atoms with E-state index >= 15 is 0 Å². The van der Waals surface area contributed by atoms with Crippen molar-refractivity contribution in [2.45, 2.75) is 24.8 Å². The van der Waals surface area contributed by atoms with Crippen molar-refractivity contribution < 1.29 is 8.78 Å². The number of nitrogens with zero attached hydrogens (tertiary/aromatic N) is 1. The van der Waals surface area contributed by atoms with Gasteiger partial charge in [0, 0.05) is 11.6 Å². The largest absolute Gasteiger partial charge is 0.308 e. The summed E-state index contributed by atoms with van der Waals surface area (Å²) in [5.41, 5.74) is 0.0884. The van der Waals surface area contributed by atoms with Gasteiger partial charge in [-0.3, -0.25) is 0 Å². The summed E-state index contributed by atoms with van der Waals surface area (Å²) >= 11 is 0. The lowest BCUT2D eigenvalue weighted by atomic mass is 10.0. The van der Waals surface area contributed by atoms with Crippen LogP contribution in [-0.2, 0) is 5.92 Å². The topological polar surface area (TPSA) is 15.3 Å². The number of alkyl halides is 2. The molecule has 1 aliphatic rings. The molecule has 0 radical (unpaired) electrons. The third-order valence-electron chi connectivity index (χ3n) is 3.53. The molecule has 1 aromatic carbocycles. The predicted molar refractivity (Wildman–Crippen MR) is 68.9 cm³/mol. The molecule has 2 nitrogen and oxygen atoms in total. The van der Waals surface area contributed by atoms with Gasteiger partial charge in [-0.15, -0.1) is 0 Å². The highest BCUT2D eigenvalue weighted by atomic mass is 19.3. The number of hydrogen-bond acceptors (Lipinski definition) is 2. The summed E-state index contributed by atoms with van der Waals surface area (Å²) in [6, 6.07) is 8.24. The number of piperidine rings is 1. The standard InChI is InChI=1S/C14H20F2N2/c1-18-9-7-13(8-10-18)17-11-14(15,16)12-5-3-2-4-6-12/h2-6,13,17H,7-11H2,1H3. The van der Waals surface area contributed by atoms with Crippen LogP contribution >= 0.6 is 0 Å². The molecule has 0 spiro atoms. The Hall–Kier alpha value is -1.00. The van der Waals surface area contributed by atoms with Crippen molar-refractivity contribution in [3.8, 4) is 0 Å². The summed E-state index contributed by atoms with van der Waals surface area (Å²) in [5.74, 6) is -2.79. The molecule has 1 heterocycles. The van der Waals surface area contributed by atoms with E-state index in [9.17, 15) is 8.78 Å². The van der Waals surface area contributed by atoms with Crippen LogP contribution in [0.3, 0.4) is 0 Å². The zero-order valence-corrected chi connectivity index (χ0v) is 10.7. The van der Waals surface area contributed by atoms with Gasteiger partial charge in [-0.2, -0.15) is 8.78 Å². The van der Waals surface area contributed by atoms with Crippen LogP contribution in [0, 0.1) is 0 Å². The molecule has 1 aliphatic heterocycles. The maximum absolute atomic E-state index is 13.9. The molecule has 0 aliphatic carbocycles. The van der Waals surface area contributed by atoms with E-state index in [2.05, 4.69) is 17.3 Å². The monoisotopic (exact) mass is 254 g/mol. The molecular formula is C14H20F2N2. The molecule has 1 saturated heterocycles. The Morgan fingerprint density at radius 3 is 2.44 bits per heavy atom. The molecule has 1 fully saturated rings. The van der Waals surface area contributed by atoms with E-state index in [-0.39, 0.29) is 18.2 Å². The number of benzene rings is 1. The molecule has 0 amide bonds. The molecule has 18 heavy (non-hydrogen) atoms. The van der Waals surface area contributed by atoms with E-state index in [1.54, 1.807) is 18.2 Å². The van der Waals surface area contributed by atoms with Crippen molar-refractivity contribution in [3.05, 3.63) is 35.9 Å². The van der Waals surface area contributed by atoms with Crippen molar-refractivity contribution in [3.63, 3.8) is 0 Å². The first-order valence-electron chi connectivity index (χ1n) is 6.43. The van der Waals surface area contributed by atoms with Crippen molar-refractivity contribution in [2.24, 2.45) is 0 Å². The molecule has 0 unspecified atom stereocenters. The second-order valence-electron chi connectivity index (χ2n) is 5.03. The minimum absolute atomic E-state index is 0.0884. The number of halogens is 2. The van der Waals surface area contributed by atoms with Crippen LogP contribution in [-0.4, -0.2) is 37.6 Å². The zero-order valence-electron chi connectivity index (χ0n) is 10.7. The number of rotatable bonds is 4. The first-order chi connectivity index (χ1) is 8.58. The number of likely N-dealkylation sites (tertiary alicyclic amines) is 1. The molecular weight excluding hydrogens is 234 g/mol. The Morgan fingerprint density at radius 1 is 1.22 bits per heavy atom. The van der Waals surface area contributed by atoms with E-state index in [1.165, 1.54) is 12.1 Å². The summed E-state index contributed by atoms with van der Waals surface area (Å²) in [6.45, 7) is 1.69. The van der Waals surface area contributed by atoms with Crippen LogP contribution < -0.4 is 5.32 Å². The van der Waals surface area contributed by atoms with Gasteiger partial charge in [-0.25, -0.2) is 0 Å². The second kappa shape index (κ2) is 5.76. The molecule has 4 heteroatoms. The van der Waals surface area contributed by atoms with Crippen LogP contribution in [0.5, 0.6) is 0 Å². The van der Waals surface area contributed by atoms with Crippen LogP contribution in [0.1, 0.15) is 18.4 Å². The van der Waals surface area contributed by atoms with Crippen LogP contribution in [0.15, 0.2) is 30.3 Å². The van der Waals surface area contributed by atoms with Crippen molar-refractivity contribution >= 4 is 0 Å². The lowest BCUT2D eigenvalue weighted by Crippen LogP contribution is -2.44. The lowest BCUT2D eigenvalue weighted by molar-refractivity contribution is -0.00749. The third kappa shape index (κ3) is 3.50. The fraction of sp³-hybridized carbons (Fsp3) is 0.571. The van der Waals surface area contributed by atoms with E-state index in [4.69, 9.17) is 0 Å². The maximum Gasteiger partial charge on any atom is 0.285 e. The van der Waals surface area contributed by atoms with Gasteiger partial charge in [0.05, 0.1) is 6.54 Å². The summed E-state index contributed by atoms with van der Waals surface area (Å²) in [4.78, 5) is 2.23. The first kappa shape index (κ1) is 13.4. The summed E-state index contributed by atoms with van der Waals surface area (Å²) in [5, 5.41) is 3.00. The van der Waals surface area contributed by atoms with Crippen LogP contribution in [0.2, 0.25) is 0 Å². The van der Waals surface area contributed by atoms with Gasteiger partial charge in [0.2, 0.25) is 0 Å². The highest BCUT2D eigenvalue weighted by molar-refractivity contribution is 5.20. The predicted octanol–water partition coefficient (Wildman–Crippen LogP) is 2.46. The van der Waals surface area contributed by atoms with E-state index in [0.717, 1.165) is 25.9 Å². The van der Waals surface area contributed by atoms with Crippen LogP contribution in [0.25, 0.3) is 0 Å². The molecule has 0 atom stereocenters. The minimum atomic E-state index is -2.79. The average Bonchev–Trinajstić information content (AvgIpc) is 2.39. The fourth-order valence-electron chi connectivity index (χ4n) is 2.27. The Morgan fingerprint density at radius 2 is 1.83 bits per heavy atom. The van der Waals surface area contributed by atoms with E-state index in [1.807, 2.05) is 0 Å². The Balaban J connectivity index is 1.86. The molecule has 1 aromatic rings. The highest BCUT2D eigenvalue weighted by Crippen LogP contribution is 2.27. The van der Waals surface area contributed by atoms with Gasteiger partial charge >= 0.3 is 0 Å². The Labute approximate surface area is 107 Å². The van der Waals surface area contributed by atoms with Gasteiger partial charge in [0.15, 0.2) is 0 Å². The Kier molecular flexibility index (Phi) is 4.30. The third-order valence-corrected chi connectivity index (χ3v) is 3.53. The maximum atomic E-state index is 13.9. The molecule has 0 saturated carbocycles. The number of nitrogens with one attached hydrogen (secondary N) is 1. The first-order valence-corrected chi connectivity index (χ1v) is 6.43. The van der Waals surface area contributed by atoms with Crippen molar-refractivity contribution in [1.82, 2.24) is 10.2 Å². The van der Waals surface area contributed by atoms with E-state index < -0.39 is 5.92 Å². The van der Waals surface area contributed by atoms with Gasteiger partial charge in [-0.1, -0.05) is 30.3 Å². The second-order valence-corrected chi connectivity index (χ2v) is 5.03. The van der Waals surface area contributed by atoms with Crippen molar-refractivity contribution in [1.29, 1.82) is 0 Å². The summed E-state index contributed by atoms with van der Waals surface area (Å²) in [6.07, 6.45) is 1.89. The van der Waals surface area contributed by atoms with E-state index in [0.29, 0.717) is 0 Å².